The van der Waals surface area contributed by atoms with Gasteiger partial charge in [-0.3, -0.25) is 19.2 Å². The molecule has 33 heavy (non-hydrogen) atoms. The van der Waals surface area contributed by atoms with Gasteiger partial charge in [0.05, 0.1) is 6.42 Å². The fourth-order valence-electron chi connectivity index (χ4n) is 3.52. The van der Waals surface area contributed by atoms with E-state index in [9.17, 15) is 24.0 Å². The number of Topliss-reactive ketones (excluding diaryl/α,β-unsaturated/α-hetero) is 1. The Bertz CT molecular complexity index is 665. The number of nitrogens with one attached hydrogen (secondary N) is 3. The lowest BCUT2D eigenvalue weighted by molar-refractivity contribution is -0.138. The average Bonchev–Trinajstić information content (AvgIpc) is 2.67. The summed E-state index contributed by atoms with van der Waals surface area (Å²) in [6.07, 6.45) is 1.73. The lowest BCUT2D eigenvalue weighted by Gasteiger charge is -2.27. The molecule has 6 N–H and O–H groups in total. The molecule has 3 atom stereocenters. The molecule has 190 valence electrons. The van der Waals surface area contributed by atoms with Crippen LogP contribution in [-0.4, -0.2) is 53.3 Å². The van der Waals surface area contributed by atoms with Crippen molar-refractivity contribution in [3.8, 4) is 0 Å². The largest absolute Gasteiger partial charge is 0.481 e. The summed E-state index contributed by atoms with van der Waals surface area (Å²) in [5.74, 6) is -2.22. The maximum atomic E-state index is 12.9. The van der Waals surface area contributed by atoms with Gasteiger partial charge in [-0.25, -0.2) is 4.79 Å². The first-order valence-electron chi connectivity index (χ1n) is 11.7. The van der Waals surface area contributed by atoms with Crippen LogP contribution < -0.4 is 21.7 Å². The summed E-state index contributed by atoms with van der Waals surface area (Å²) in [6, 6.07) is -1.53. The Hall–Kier alpha value is -2.65. The highest BCUT2D eigenvalue weighted by molar-refractivity contribution is 5.99. The molecule has 10 heteroatoms. The van der Waals surface area contributed by atoms with Crippen molar-refractivity contribution < 1.29 is 29.1 Å². The van der Waals surface area contributed by atoms with Crippen molar-refractivity contribution in [2.45, 2.75) is 91.6 Å². The van der Waals surface area contributed by atoms with Gasteiger partial charge in [0.15, 0.2) is 0 Å². The number of carbonyl (C=O) groups excluding carboxylic acids is 4. The number of nitrogens with two attached hydrogens (primary N) is 1. The molecule has 0 aromatic carbocycles. The first-order valence-corrected chi connectivity index (χ1v) is 11.7. The number of carboxylic acid groups (broad SMARTS) is 1. The molecule has 4 amide bonds. The van der Waals surface area contributed by atoms with E-state index in [1.165, 1.54) is 0 Å². The third-order valence-electron chi connectivity index (χ3n) is 5.40. The smallest absolute Gasteiger partial charge is 0.312 e. The fraction of sp³-hybridized carbons (Fsp3) is 0.783. The zero-order chi connectivity index (χ0) is 25.6. The summed E-state index contributed by atoms with van der Waals surface area (Å²) in [5.41, 5.74) is 5.06. The van der Waals surface area contributed by atoms with Crippen molar-refractivity contribution in [1.29, 1.82) is 0 Å². The number of hydrogen-bond donors (Lipinski definition) is 5. The van der Waals surface area contributed by atoms with Crippen LogP contribution in [-0.2, 0) is 19.2 Å². The number of carbonyl (C=O) groups is 5. The van der Waals surface area contributed by atoms with Crippen LogP contribution >= 0.6 is 0 Å². The van der Waals surface area contributed by atoms with Gasteiger partial charge in [-0.05, 0) is 37.0 Å². The summed E-state index contributed by atoms with van der Waals surface area (Å²) in [5, 5.41) is 17.1. The Morgan fingerprint density at radius 1 is 0.970 bits per heavy atom. The van der Waals surface area contributed by atoms with E-state index < -0.39 is 23.9 Å². The molecule has 0 heterocycles. The van der Waals surface area contributed by atoms with Crippen molar-refractivity contribution in [3.05, 3.63) is 0 Å². The zero-order valence-corrected chi connectivity index (χ0v) is 20.6. The van der Waals surface area contributed by atoms with Crippen LogP contribution in [0.25, 0.3) is 0 Å². The number of rotatable bonds is 17. The van der Waals surface area contributed by atoms with Crippen LogP contribution in [0.4, 0.5) is 4.79 Å². The lowest BCUT2D eigenvalue weighted by Crippen LogP contribution is -2.51. The highest BCUT2D eigenvalue weighted by Gasteiger charge is 2.26. The molecule has 0 bridgehead atoms. The van der Waals surface area contributed by atoms with Gasteiger partial charge in [0.25, 0.3) is 0 Å². The van der Waals surface area contributed by atoms with Gasteiger partial charge >= 0.3 is 12.0 Å². The van der Waals surface area contributed by atoms with E-state index in [1.54, 1.807) is 6.92 Å². The second kappa shape index (κ2) is 16.0. The fourth-order valence-corrected chi connectivity index (χ4v) is 3.52. The third kappa shape index (κ3) is 14.9. The first-order chi connectivity index (χ1) is 15.3. The van der Waals surface area contributed by atoms with E-state index >= 15 is 0 Å². The minimum Gasteiger partial charge on any atom is -0.481 e. The molecule has 3 unspecified atom stereocenters. The maximum absolute atomic E-state index is 12.9. The van der Waals surface area contributed by atoms with Crippen molar-refractivity contribution in [2.75, 3.05) is 6.54 Å². The molecule has 0 saturated heterocycles. The van der Waals surface area contributed by atoms with Crippen molar-refractivity contribution in [2.24, 2.45) is 23.5 Å². The van der Waals surface area contributed by atoms with E-state index in [0.717, 1.165) is 0 Å². The Morgan fingerprint density at radius 3 is 2.09 bits per heavy atom. The molecule has 0 aromatic heterocycles. The average molecular weight is 471 g/mol. The monoisotopic (exact) mass is 470 g/mol. The van der Waals surface area contributed by atoms with E-state index in [-0.39, 0.29) is 54.7 Å². The minimum atomic E-state index is -0.974. The summed E-state index contributed by atoms with van der Waals surface area (Å²) in [7, 11) is 0. The molecule has 0 fully saturated rings. The molecular formula is C23H42N4O6. The van der Waals surface area contributed by atoms with Gasteiger partial charge in [0.2, 0.25) is 11.8 Å². The lowest BCUT2D eigenvalue weighted by atomic mass is 9.94. The number of primary amides is 1. The van der Waals surface area contributed by atoms with E-state index in [4.69, 9.17) is 10.8 Å². The molecular weight excluding hydrogens is 428 g/mol. The summed E-state index contributed by atoms with van der Waals surface area (Å²) in [6.45, 7) is 10.0. The van der Waals surface area contributed by atoms with E-state index in [1.807, 2.05) is 27.7 Å². The molecule has 0 radical (unpaired) electrons. The quantitative estimate of drug-likeness (QED) is 0.161. The van der Waals surface area contributed by atoms with Gasteiger partial charge in [0.1, 0.15) is 11.8 Å². The number of ketones is 1. The SMILES string of the molecule is CCC(CC(=O)O)CC(=O)CC(=O)NC(CC(C)C)C(=O)NC(CCCNC(N)=O)C(C)C. The number of hydrogen-bond acceptors (Lipinski definition) is 5. The van der Waals surface area contributed by atoms with Crippen molar-refractivity contribution in [3.63, 3.8) is 0 Å². The van der Waals surface area contributed by atoms with E-state index in [0.29, 0.717) is 32.2 Å². The molecule has 0 aromatic rings. The van der Waals surface area contributed by atoms with Crippen LogP contribution in [0.15, 0.2) is 0 Å². The highest BCUT2D eigenvalue weighted by atomic mass is 16.4. The van der Waals surface area contributed by atoms with Crippen molar-refractivity contribution in [1.82, 2.24) is 16.0 Å². The molecule has 0 aliphatic carbocycles. The Balaban J connectivity index is 4.95. The van der Waals surface area contributed by atoms with Crippen LogP contribution in [0, 0.1) is 17.8 Å². The number of aliphatic carboxylic acids is 1. The number of carboxylic acids is 1. The number of urea groups is 1. The maximum Gasteiger partial charge on any atom is 0.312 e. The van der Waals surface area contributed by atoms with Crippen molar-refractivity contribution >= 4 is 29.6 Å². The van der Waals surface area contributed by atoms with Gasteiger partial charge in [-0.2, -0.15) is 0 Å². The molecule has 0 spiro atoms. The topological polar surface area (TPSA) is 168 Å². The first kappa shape index (κ1) is 30.4. The second-order valence-corrected chi connectivity index (χ2v) is 9.33. The predicted octanol–water partition coefficient (Wildman–Crippen LogP) is 1.96. The normalized spacial score (nSPS) is 13.8. The Morgan fingerprint density at radius 2 is 1.61 bits per heavy atom. The zero-order valence-electron chi connectivity index (χ0n) is 20.6. The molecule has 0 aliphatic heterocycles. The van der Waals surface area contributed by atoms with Crippen LogP contribution in [0.3, 0.4) is 0 Å². The van der Waals surface area contributed by atoms with Gasteiger partial charge in [0, 0.05) is 25.4 Å². The Labute approximate surface area is 196 Å². The standard InChI is InChI=1S/C23H42N4O6/c1-6-16(12-21(30)31)11-17(28)13-20(29)26-19(10-14(2)3)22(32)27-18(15(4)5)8-7-9-25-23(24)33/h14-16,18-19H,6-13H2,1-5H3,(H,26,29)(H,27,32)(H,30,31)(H3,24,25,33). The number of amides is 4. The summed E-state index contributed by atoms with van der Waals surface area (Å²) < 4.78 is 0. The molecule has 10 nitrogen and oxygen atoms in total. The Kier molecular flexibility index (Phi) is 14.8. The van der Waals surface area contributed by atoms with E-state index in [2.05, 4.69) is 16.0 Å². The molecule has 0 saturated carbocycles. The van der Waals surface area contributed by atoms with Gasteiger partial charge < -0.3 is 26.8 Å². The summed E-state index contributed by atoms with van der Waals surface area (Å²) >= 11 is 0. The second-order valence-electron chi connectivity index (χ2n) is 9.33. The van der Waals surface area contributed by atoms with Crippen LogP contribution in [0.2, 0.25) is 0 Å². The summed E-state index contributed by atoms with van der Waals surface area (Å²) in [4.78, 5) is 59.3. The predicted molar refractivity (Wildman–Crippen MR) is 125 cm³/mol. The van der Waals surface area contributed by atoms with Gasteiger partial charge in [-0.15, -0.1) is 0 Å². The molecule has 0 aliphatic rings. The van der Waals surface area contributed by atoms with Crippen LogP contribution in [0.1, 0.15) is 79.6 Å². The molecule has 0 rings (SSSR count). The van der Waals surface area contributed by atoms with Gasteiger partial charge in [-0.1, -0.05) is 41.0 Å². The van der Waals surface area contributed by atoms with Crippen LogP contribution in [0.5, 0.6) is 0 Å². The minimum absolute atomic E-state index is 0.0199. The third-order valence-corrected chi connectivity index (χ3v) is 5.40. The highest BCUT2D eigenvalue weighted by Crippen LogP contribution is 2.15.